The monoisotopic (exact) mass is 403 g/mol. The molecular weight excluding hydrogens is 362 g/mol. The van der Waals surface area contributed by atoms with Crippen molar-refractivity contribution in [3.05, 3.63) is 0 Å². The first-order valence-corrected chi connectivity index (χ1v) is 11.7. The van der Waals surface area contributed by atoms with Crippen LogP contribution >= 0.6 is 11.8 Å². The lowest BCUT2D eigenvalue weighted by Gasteiger charge is -2.10. The van der Waals surface area contributed by atoms with Crippen molar-refractivity contribution in [3.8, 4) is 0 Å². The van der Waals surface area contributed by atoms with Gasteiger partial charge in [0.15, 0.2) is 0 Å². The highest BCUT2D eigenvalue weighted by Gasteiger charge is 2.07. The number of nitrogens with zero attached hydrogens (tertiary/aromatic N) is 1. The average molecular weight is 404 g/mol. The lowest BCUT2D eigenvalue weighted by Crippen LogP contribution is -2.13. The molecule has 0 saturated carbocycles. The van der Waals surface area contributed by atoms with E-state index in [1.54, 1.807) is 6.92 Å². The van der Waals surface area contributed by atoms with Crippen LogP contribution in [0.15, 0.2) is 4.99 Å². The van der Waals surface area contributed by atoms with Crippen LogP contribution in [0, 0.1) is 0 Å². The molecular formula is C21H41NO4S. The highest BCUT2D eigenvalue weighted by Crippen LogP contribution is 2.14. The van der Waals surface area contributed by atoms with E-state index in [4.69, 9.17) is 14.2 Å². The summed E-state index contributed by atoms with van der Waals surface area (Å²) in [5.74, 6) is 0.903. The Balaban J connectivity index is 3.85. The van der Waals surface area contributed by atoms with Crippen molar-refractivity contribution >= 4 is 23.1 Å². The number of amides is 1. The van der Waals surface area contributed by atoms with E-state index in [0.29, 0.717) is 25.1 Å². The zero-order valence-corrected chi connectivity index (χ0v) is 18.8. The SMILES string of the molecule is CCCCCCCCCCCCSC(=NC(=O)OCC)OCCOC(C)C. The van der Waals surface area contributed by atoms with Crippen LogP contribution in [0.4, 0.5) is 4.79 Å². The molecule has 0 heterocycles. The molecule has 0 bridgehead atoms. The van der Waals surface area contributed by atoms with Crippen LogP contribution in [0.25, 0.3) is 0 Å². The van der Waals surface area contributed by atoms with Crippen molar-refractivity contribution in [2.24, 2.45) is 4.99 Å². The number of carbonyl (C=O) groups excluding carboxylic acids is 1. The van der Waals surface area contributed by atoms with Gasteiger partial charge in [0.05, 0.1) is 19.3 Å². The molecule has 0 unspecified atom stereocenters. The van der Waals surface area contributed by atoms with E-state index in [1.807, 2.05) is 13.8 Å². The van der Waals surface area contributed by atoms with E-state index in [1.165, 1.54) is 69.5 Å². The molecule has 0 rings (SSSR count). The van der Waals surface area contributed by atoms with Crippen molar-refractivity contribution in [1.29, 1.82) is 0 Å². The Labute approximate surface area is 171 Å². The standard InChI is InChI=1S/C21H41NO4S/c1-5-7-8-9-10-11-12-13-14-15-18-27-21(22-20(23)24-6-2)26-17-16-25-19(3)4/h19H,5-18H2,1-4H3. The third-order valence-electron chi connectivity index (χ3n) is 3.93. The summed E-state index contributed by atoms with van der Waals surface area (Å²) in [6.07, 6.45) is 12.7. The van der Waals surface area contributed by atoms with Crippen molar-refractivity contribution in [1.82, 2.24) is 0 Å². The smallest absolute Gasteiger partial charge is 0.437 e. The molecule has 0 atom stereocenters. The second kappa shape index (κ2) is 20.0. The largest absolute Gasteiger partial charge is 0.470 e. The Bertz CT molecular complexity index is 375. The highest BCUT2D eigenvalue weighted by molar-refractivity contribution is 8.13. The molecule has 0 spiro atoms. The van der Waals surface area contributed by atoms with Crippen LogP contribution in [-0.2, 0) is 14.2 Å². The van der Waals surface area contributed by atoms with E-state index < -0.39 is 6.09 Å². The number of ether oxygens (including phenoxy) is 3. The van der Waals surface area contributed by atoms with Gasteiger partial charge in [-0.05, 0) is 27.2 Å². The molecule has 5 nitrogen and oxygen atoms in total. The first kappa shape index (κ1) is 26.2. The second-order valence-electron chi connectivity index (χ2n) is 6.88. The summed E-state index contributed by atoms with van der Waals surface area (Å²) >= 11 is 1.48. The fourth-order valence-corrected chi connectivity index (χ4v) is 3.33. The summed E-state index contributed by atoms with van der Waals surface area (Å²) in [7, 11) is 0. The van der Waals surface area contributed by atoms with Gasteiger partial charge in [-0.1, -0.05) is 76.5 Å². The van der Waals surface area contributed by atoms with Crippen LogP contribution in [0.5, 0.6) is 0 Å². The van der Waals surface area contributed by atoms with Gasteiger partial charge < -0.3 is 14.2 Å². The van der Waals surface area contributed by atoms with E-state index in [0.717, 1.165) is 12.2 Å². The van der Waals surface area contributed by atoms with Crippen LogP contribution in [-0.4, -0.2) is 43.0 Å². The molecule has 0 aliphatic rings. The molecule has 0 aliphatic heterocycles. The summed E-state index contributed by atoms with van der Waals surface area (Å²) in [6, 6.07) is 0. The van der Waals surface area contributed by atoms with Gasteiger partial charge in [-0.25, -0.2) is 4.79 Å². The van der Waals surface area contributed by atoms with Crippen LogP contribution in [0.1, 0.15) is 91.9 Å². The third kappa shape index (κ3) is 19.8. The Morgan fingerprint density at radius 2 is 1.44 bits per heavy atom. The average Bonchev–Trinajstić information content (AvgIpc) is 2.63. The zero-order chi connectivity index (χ0) is 20.2. The van der Waals surface area contributed by atoms with Crippen LogP contribution in [0.3, 0.4) is 0 Å². The number of unbranched alkanes of at least 4 members (excludes halogenated alkanes) is 9. The number of rotatable bonds is 16. The molecule has 0 radical (unpaired) electrons. The molecule has 0 saturated heterocycles. The topological polar surface area (TPSA) is 57.1 Å². The van der Waals surface area contributed by atoms with Gasteiger partial charge in [0.2, 0.25) is 0 Å². The minimum Gasteiger partial charge on any atom is -0.470 e. The number of thioether (sulfide) groups is 1. The second-order valence-corrected chi connectivity index (χ2v) is 7.92. The third-order valence-corrected chi connectivity index (χ3v) is 4.88. The van der Waals surface area contributed by atoms with E-state index in [-0.39, 0.29) is 6.10 Å². The Kier molecular flexibility index (Phi) is 19.4. The number of hydrogen-bond donors (Lipinski definition) is 0. The van der Waals surface area contributed by atoms with Gasteiger partial charge in [0, 0.05) is 5.75 Å². The number of carbonyl (C=O) groups is 1. The Morgan fingerprint density at radius 3 is 2.00 bits per heavy atom. The molecule has 6 heteroatoms. The van der Waals surface area contributed by atoms with Gasteiger partial charge in [0.25, 0.3) is 5.23 Å². The molecule has 0 aromatic heterocycles. The summed E-state index contributed by atoms with van der Waals surface area (Å²) in [5.41, 5.74) is 0. The molecule has 0 aromatic carbocycles. The first-order chi connectivity index (χ1) is 13.1. The van der Waals surface area contributed by atoms with Crippen molar-refractivity contribution in [2.75, 3.05) is 25.6 Å². The van der Waals surface area contributed by atoms with Crippen LogP contribution in [0.2, 0.25) is 0 Å². The fourth-order valence-electron chi connectivity index (χ4n) is 2.50. The van der Waals surface area contributed by atoms with Gasteiger partial charge in [-0.15, -0.1) is 4.99 Å². The van der Waals surface area contributed by atoms with Gasteiger partial charge in [-0.3, -0.25) is 0 Å². The summed E-state index contributed by atoms with van der Waals surface area (Å²) < 4.78 is 15.9. The number of hydrogen-bond acceptors (Lipinski definition) is 5. The van der Waals surface area contributed by atoms with Gasteiger partial charge >= 0.3 is 6.09 Å². The maximum atomic E-state index is 11.6. The van der Waals surface area contributed by atoms with E-state index >= 15 is 0 Å². The quantitative estimate of drug-likeness (QED) is 0.165. The maximum absolute atomic E-state index is 11.6. The summed E-state index contributed by atoms with van der Waals surface area (Å²) in [6.45, 7) is 9.17. The fraction of sp³-hybridized carbons (Fsp3) is 0.905. The lowest BCUT2D eigenvalue weighted by molar-refractivity contribution is 0.0535. The molecule has 1 amide bonds. The van der Waals surface area contributed by atoms with E-state index in [9.17, 15) is 4.79 Å². The highest BCUT2D eigenvalue weighted by atomic mass is 32.2. The molecule has 0 N–H and O–H groups in total. The molecule has 0 aliphatic carbocycles. The summed E-state index contributed by atoms with van der Waals surface area (Å²) in [5, 5.41) is 0.386. The van der Waals surface area contributed by atoms with Gasteiger partial charge in [-0.2, -0.15) is 0 Å². The minimum absolute atomic E-state index is 0.165. The predicted octanol–water partition coefficient (Wildman–Crippen LogP) is 6.59. The first-order valence-electron chi connectivity index (χ1n) is 10.7. The number of aliphatic imine (C=N–C) groups is 1. The van der Waals surface area contributed by atoms with Crippen molar-refractivity contribution in [2.45, 2.75) is 98.0 Å². The van der Waals surface area contributed by atoms with E-state index in [2.05, 4.69) is 11.9 Å². The van der Waals surface area contributed by atoms with Crippen molar-refractivity contribution in [3.63, 3.8) is 0 Å². The molecule has 27 heavy (non-hydrogen) atoms. The summed E-state index contributed by atoms with van der Waals surface area (Å²) in [4.78, 5) is 15.5. The Morgan fingerprint density at radius 1 is 0.852 bits per heavy atom. The van der Waals surface area contributed by atoms with Crippen LogP contribution < -0.4 is 0 Å². The normalized spacial score (nSPS) is 11.8. The van der Waals surface area contributed by atoms with Gasteiger partial charge in [0.1, 0.15) is 6.61 Å². The lowest BCUT2D eigenvalue weighted by atomic mass is 10.1. The van der Waals surface area contributed by atoms with Crippen molar-refractivity contribution < 1.29 is 19.0 Å². The molecule has 0 aromatic rings. The molecule has 0 fully saturated rings. The zero-order valence-electron chi connectivity index (χ0n) is 18.0. The molecule has 160 valence electrons. The predicted molar refractivity (Wildman–Crippen MR) is 116 cm³/mol. The maximum Gasteiger partial charge on any atom is 0.437 e. The Hall–Kier alpha value is -0.750. The minimum atomic E-state index is -0.590.